The van der Waals surface area contributed by atoms with E-state index in [1.165, 1.54) is 0 Å². The van der Waals surface area contributed by atoms with Crippen LogP contribution in [-0.4, -0.2) is 76.1 Å². The van der Waals surface area contributed by atoms with E-state index in [2.05, 4.69) is 15.2 Å². The summed E-state index contributed by atoms with van der Waals surface area (Å²) < 4.78 is 0. The van der Waals surface area contributed by atoms with Gasteiger partial charge in [0.25, 0.3) is 5.91 Å². The Hall–Kier alpha value is -1.99. The normalized spacial score (nSPS) is 27.3. The largest absolute Gasteiger partial charge is 0.389 e. The van der Waals surface area contributed by atoms with Crippen LogP contribution in [0.1, 0.15) is 35.8 Å². The summed E-state index contributed by atoms with van der Waals surface area (Å²) in [4.78, 5) is 32.0. The van der Waals surface area contributed by atoms with Crippen LogP contribution < -0.4 is 5.32 Å². The van der Waals surface area contributed by atoms with Crippen molar-refractivity contribution in [2.75, 3.05) is 26.2 Å². The minimum atomic E-state index is -0.591. The van der Waals surface area contributed by atoms with Gasteiger partial charge in [0.15, 0.2) is 0 Å². The Morgan fingerprint density at radius 1 is 1.20 bits per heavy atom. The smallest absolute Gasteiger partial charge is 0.253 e. The lowest BCUT2D eigenvalue weighted by Crippen LogP contribution is -2.55. The number of aromatic nitrogens is 1. The van der Waals surface area contributed by atoms with Crippen molar-refractivity contribution >= 4 is 11.8 Å². The van der Waals surface area contributed by atoms with Crippen LogP contribution in [0.5, 0.6) is 0 Å². The first-order valence-corrected chi connectivity index (χ1v) is 8.87. The fourth-order valence-electron chi connectivity index (χ4n) is 3.74. The highest BCUT2D eigenvalue weighted by Crippen LogP contribution is 2.26. The number of carbonyl (C=O) groups is 2. The minimum Gasteiger partial charge on any atom is -0.389 e. The van der Waals surface area contributed by atoms with Gasteiger partial charge in [-0.05, 0) is 31.9 Å². The van der Waals surface area contributed by atoms with Gasteiger partial charge < -0.3 is 15.3 Å². The Balaban J connectivity index is 1.55. The topological polar surface area (TPSA) is 85.8 Å². The quantitative estimate of drug-likeness (QED) is 0.815. The first kappa shape index (κ1) is 17.8. The molecule has 0 aromatic carbocycles. The second kappa shape index (κ2) is 7.49. The number of rotatable bonds is 3. The van der Waals surface area contributed by atoms with Crippen molar-refractivity contribution in [2.24, 2.45) is 0 Å². The lowest BCUT2D eigenvalue weighted by atomic mass is 10.1. The monoisotopic (exact) mass is 346 g/mol. The molecule has 1 saturated heterocycles. The Kier molecular flexibility index (Phi) is 5.34. The Morgan fingerprint density at radius 3 is 2.52 bits per heavy atom. The summed E-state index contributed by atoms with van der Waals surface area (Å²) in [6.45, 7) is 6.40. The van der Waals surface area contributed by atoms with Crippen molar-refractivity contribution in [3.05, 3.63) is 29.6 Å². The maximum Gasteiger partial charge on any atom is 0.253 e. The molecule has 136 valence electrons. The number of amides is 2. The number of carbonyl (C=O) groups excluding carboxylic acids is 2. The second-order valence-corrected chi connectivity index (χ2v) is 6.95. The average Bonchev–Trinajstić information content (AvgIpc) is 2.96. The van der Waals surface area contributed by atoms with Crippen LogP contribution in [0.4, 0.5) is 0 Å². The summed E-state index contributed by atoms with van der Waals surface area (Å²) in [6, 6.07) is 3.34. The summed E-state index contributed by atoms with van der Waals surface area (Å²) >= 11 is 0. The zero-order valence-corrected chi connectivity index (χ0v) is 14.8. The number of nitrogens with one attached hydrogen (secondary N) is 1. The van der Waals surface area contributed by atoms with Gasteiger partial charge in [0.05, 0.1) is 17.7 Å². The molecule has 1 saturated carbocycles. The molecule has 1 aliphatic heterocycles. The van der Waals surface area contributed by atoms with Crippen LogP contribution in [0.25, 0.3) is 0 Å². The van der Waals surface area contributed by atoms with Crippen LogP contribution in [0, 0.1) is 6.92 Å². The Bertz CT molecular complexity index is 626. The van der Waals surface area contributed by atoms with E-state index >= 15 is 0 Å². The molecule has 2 fully saturated rings. The number of nitrogens with zero attached hydrogens (tertiary/aromatic N) is 3. The lowest BCUT2D eigenvalue weighted by molar-refractivity contribution is -0.131. The number of hydrogen-bond donors (Lipinski definition) is 2. The van der Waals surface area contributed by atoms with Crippen molar-refractivity contribution in [2.45, 2.75) is 44.9 Å². The number of pyridine rings is 1. The molecule has 25 heavy (non-hydrogen) atoms. The molecular formula is C18H26N4O3. The van der Waals surface area contributed by atoms with E-state index in [0.29, 0.717) is 18.7 Å². The van der Waals surface area contributed by atoms with Crippen LogP contribution >= 0.6 is 0 Å². The van der Waals surface area contributed by atoms with E-state index in [1.54, 1.807) is 25.3 Å². The van der Waals surface area contributed by atoms with Gasteiger partial charge in [-0.15, -0.1) is 0 Å². The van der Waals surface area contributed by atoms with Crippen molar-refractivity contribution in [3.63, 3.8) is 0 Å². The highest BCUT2D eigenvalue weighted by atomic mass is 16.3. The summed E-state index contributed by atoms with van der Waals surface area (Å²) in [6.07, 6.45) is 2.57. The highest BCUT2D eigenvalue weighted by Gasteiger charge is 2.40. The molecule has 0 unspecified atom stereocenters. The number of piperazine rings is 1. The standard InChI is InChI=1S/C18H26N4O3/c1-12-3-4-14(11-19-12)18(25)20-15-5-6-16(17(15)24)22-9-7-21(8-10-22)13(2)23/h3-4,11,15-17,24H,5-10H2,1-2H3,(H,20,25)/t15-,16-,17-/m1/s1. The van der Waals surface area contributed by atoms with Gasteiger partial charge in [0.1, 0.15) is 0 Å². The van der Waals surface area contributed by atoms with E-state index in [-0.39, 0.29) is 23.9 Å². The molecule has 0 bridgehead atoms. The second-order valence-electron chi connectivity index (χ2n) is 6.95. The van der Waals surface area contributed by atoms with Crippen molar-refractivity contribution in [3.8, 4) is 0 Å². The Morgan fingerprint density at radius 2 is 1.92 bits per heavy atom. The van der Waals surface area contributed by atoms with Crippen molar-refractivity contribution < 1.29 is 14.7 Å². The number of aliphatic hydroxyl groups excluding tert-OH is 1. The van der Waals surface area contributed by atoms with Gasteiger partial charge in [-0.1, -0.05) is 0 Å². The molecule has 2 heterocycles. The van der Waals surface area contributed by atoms with Gasteiger partial charge >= 0.3 is 0 Å². The predicted molar refractivity (Wildman–Crippen MR) is 93.1 cm³/mol. The summed E-state index contributed by atoms with van der Waals surface area (Å²) in [5.41, 5.74) is 1.37. The fourth-order valence-corrected chi connectivity index (χ4v) is 3.74. The van der Waals surface area contributed by atoms with Crippen LogP contribution in [0.3, 0.4) is 0 Å². The molecule has 0 radical (unpaired) electrons. The molecule has 2 N–H and O–H groups in total. The third kappa shape index (κ3) is 3.99. The first-order valence-electron chi connectivity index (χ1n) is 8.87. The molecule has 0 spiro atoms. The molecule has 1 aliphatic carbocycles. The van der Waals surface area contributed by atoms with E-state index < -0.39 is 6.10 Å². The molecule has 3 atom stereocenters. The highest BCUT2D eigenvalue weighted by molar-refractivity contribution is 5.94. The van der Waals surface area contributed by atoms with Gasteiger partial charge in [-0.3, -0.25) is 19.5 Å². The maximum atomic E-state index is 12.3. The molecule has 7 heteroatoms. The van der Waals surface area contributed by atoms with Crippen LogP contribution in [-0.2, 0) is 4.79 Å². The molecular weight excluding hydrogens is 320 g/mol. The van der Waals surface area contributed by atoms with Gasteiger partial charge in [-0.25, -0.2) is 0 Å². The maximum absolute atomic E-state index is 12.3. The van der Waals surface area contributed by atoms with E-state index in [9.17, 15) is 14.7 Å². The van der Waals surface area contributed by atoms with Gasteiger partial charge in [0.2, 0.25) is 5.91 Å². The van der Waals surface area contributed by atoms with E-state index in [0.717, 1.165) is 31.6 Å². The van der Waals surface area contributed by atoms with Gasteiger partial charge in [-0.2, -0.15) is 0 Å². The molecule has 1 aromatic heterocycles. The van der Waals surface area contributed by atoms with Crippen LogP contribution in [0.15, 0.2) is 18.3 Å². The first-order chi connectivity index (χ1) is 12.0. The third-order valence-corrected chi connectivity index (χ3v) is 5.30. The SMILES string of the molecule is CC(=O)N1CCN([C@@H]2CC[C@@H](NC(=O)c3ccc(C)nc3)[C@H]2O)CC1. The molecule has 2 aliphatic rings. The zero-order chi connectivity index (χ0) is 18.0. The molecule has 1 aromatic rings. The molecule has 3 rings (SSSR count). The average molecular weight is 346 g/mol. The zero-order valence-electron chi connectivity index (χ0n) is 14.8. The summed E-state index contributed by atoms with van der Waals surface area (Å²) in [5.74, 6) is -0.0953. The van der Waals surface area contributed by atoms with Crippen molar-refractivity contribution in [1.29, 1.82) is 0 Å². The minimum absolute atomic E-state index is 0.0375. The molecule has 7 nitrogen and oxygen atoms in total. The van der Waals surface area contributed by atoms with Gasteiger partial charge in [0, 0.05) is 51.0 Å². The third-order valence-electron chi connectivity index (χ3n) is 5.30. The van der Waals surface area contributed by atoms with E-state index in [4.69, 9.17) is 0 Å². The lowest BCUT2D eigenvalue weighted by Gasteiger charge is -2.39. The number of aryl methyl sites for hydroxylation is 1. The van der Waals surface area contributed by atoms with E-state index in [1.807, 2.05) is 11.8 Å². The fraction of sp³-hybridized carbons (Fsp3) is 0.611. The number of aliphatic hydroxyl groups is 1. The van der Waals surface area contributed by atoms with Crippen LogP contribution in [0.2, 0.25) is 0 Å². The van der Waals surface area contributed by atoms with Crippen molar-refractivity contribution in [1.82, 2.24) is 20.1 Å². The Labute approximate surface area is 148 Å². The summed E-state index contributed by atoms with van der Waals surface area (Å²) in [5, 5.41) is 13.6. The molecule has 2 amide bonds. The summed E-state index contributed by atoms with van der Waals surface area (Å²) in [7, 11) is 0. The number of hydrogen-bond acceptors (Lipinski definition) is 5. The predicted octanol–water partition coefficient (Wildman–Crippen LogP) is 0.176.